The monoisotopic (exact) mass is 439 g/mol. The van der Waals surface area contributed by atoms with Crippen molar-refractivity contribution in [2.24, 2.45) is 5.73 Å². The molecule has 0 bridgehead atoms. The van der Waals surface area contributed by atoms with Gasteiger partial charge in [-0.2, -0.15) is 0 Å². The van der Waals surface area contributed by atoms with E-state index < -0.39 is 6.04 Å². The molecule has 0 unspecified atom stereocenters. The Morgan fingerprint density at radius 3 is 2.45 bits per heavy atom. The van der Waals surface area contributed by atoms with E-state index in [2.05, 4.69) is 18.2 Å². The SMILES string of the molecule is N[C@@H](Cc1ccc(Cl)cc1)C(=O)N1CCC(c2ccccc2CN2CCCC2=O)CC1. The van der Waals surface area contributed by atoms with E-state index in [-0.39, 0.29) is 11.8 Å². The van der Waals surface area contributed by atoms with Crippen LogP contribution in [-0.2, 0) is 22.6 Å². The number of benzene rings is 2. The third kappa shape index (κ3) is 5.28. The summed E-state index contributed by atoms with van der Waals surface area (Å²) in [6.07, 6.45) is 3.98. The van der Waals surface area contributed by atoms with E-state index in [1.165, 1.54) is 11.1 Å². The Kier molecular flexibility index (Phi) is 6.93. The maximum atomic E-state index is 12.9. The van der Waals surface area contributed by atoms with Crippen LogP contribution in [0.4, 0.5) is 0 Å². The fourth-order valence-corrected chi connectivity index (χ4v) is 4.89. The van der Waals surface area contributed by atoms with Gasteiger partial charge in [-0.15, -0.1) is 0 Å². The Morgan fingerprint density at radius 2 is 1.77 bits per heavy atom. The van der Waals surface area contributed by atoms with Crippen LogP contribution in [0.15, 0.2) is 48.5 Å². The highest BCUT2D eigenvalue weighted by Gasteiger charge is 2.29. The third-order valence-electron chi connectivity index (χ3n) is 6.52. The quantitative estimate of drug-likeness (QED) is 0.745. The average molecular weight is 440 g/mol. The molecule has 6 heteroatoms. The van der Waals surface area contributed by atoms with Crippen LogP contribution < -0.4 is 5.73 Å². The average Bonchev–Trinajstić information content (AvgIpc) is 3.19. The molecule has 5 nitrogen and oxygen atoms in total. The first-order valence-electron chi connectivity index (χ1n) is 11.2. The van der Waals surface area contributed by atoms with Gasteiger partial charge in [0.15, 0.2) is 0 Å². The minimum absolute atomic E-state index is 0.0179. The number of carbonyl (C=O) groups excluding carboxylic acids is 2. The summed E-state index contributed by atoms with van der Waals surface area (Å²) >= 11 is 5.94. The van der Waals surface area contributed by atoms with Crippen molar-refractivity contribution in [2.75, 3.05) is 19.6 Å². The Bertz CT molecular complexity index is 923. The van der Waals surface area contributed by atoms with Crippen LogP contribution in [0.3, 0.4) is 0 Å². The number of nitrogens with zero attached hydrogens (tertiary/aromatic N) is 2. The zero-order chi connectivity index (χ0) is 21.8. The van der Waals surface area contributed by atoms with Gasteiger partial charge in [0.1, 0.15) is 0 Å². The first-order chi connectivity index (χ1) is 15.0. The van der Waals surface area contributed by atoms with Gasteiger partial charge in [-0.05, 0) is 60.4 Å². The Labute approximate surface area is 189 Å². The van der Waals surface area contributed by atoms with E-state index in [1.54, 1.807) is 0 Å². The molecule has 2 aromatic carbocycles. The van der Waals surface area contributed by atoms with Gasteiger partial charge in [-0.3, -0.25) is 9.59 Å². The summed E-state index contributed by atoms with van der Waals surface area (Å²) in [4.78, 5) is 28.8. The summed E-state index contributed by atoms with van der Waals surface area (Å²) in [7, 11) is 0. The molecule has 31 heavy (non-hydrogen) atoms. The van der Waals surface area contributed by atoms with Crippen molar-refractivity contribution in [3.63, 3.8) is 0 Å². The van der Waals surface area contributed by atoms with Gasteiger partial charge in [-0.1, -0.05) is 48.0 Å². The molecule has 2 N–H and O–H groups in total. The molecule has 0 radical (unpaired) electrons. The summed E-state index contributed by atoms with van der Waals surface area (Å²) in [5.74, 6) is 0.680. The molecule has 0 spiro atoms. The van der Waals surface area contributed by atoms with Gasteiger partial charge in [0.2, 0.25) is 11.8 Å². The highest BCUT2D eigenvalue weighted by atomic mass is 35.5. The standard InChI is InChI=1S/C25H30ClN3O2/c26-21-9-7-18(8-10-21)16-23(27)25(31)28-14-11-19(12-15-28)22-5-2-1-4-20(22)17-29-13-3-6-24(29)30/h1-2,4-5,7-10,19,23H,3,6,11-17,27H2/t23-/m0/s1. The molecular formula is C25H30ClN3O2. The molecule has 2 amide bonds. The van der Waals surface area contributed by atoms with Crippen LogP contribution >= 0.6 is 11.6 Å². The predicted octanol–water partition coefficient (Wildman–Crippen LogP) is 3.74. The van der Waals surface area contributed by atoms with E-state index in [0.717, 1.165) is 44.5 Å². The minimum Gasteiger partial charge on any atom is -0.341 e. The van der Waals surface area contributed by atoms with Crippen molar-refractivity contribution < 1.29 is 9.59 Å². The van der Waals surface area contributed by atoms with E-state index in [4.69, 9.17) is 17.3 Å². The van der Waals surface area contributed by atoms with Crippen molar-refractivity contribution >= 4 is 23.4 Å². The predicted molar refractivity (Wildman–Crippen MR) is 123 cm³/mol. The normalized spacial score (nSPS) is 18.5. The second-order valence-electron chi connectivity index (χ2n) is 8.65. The second-order valence-corrected chi connectivity index (χ2v) is 9.09. The van der Waals surface area contributed by atoms with Crippen molar-refractivity contribution in [1.82, 2.24) is 9.80 Å². The summed E-state index contributed by atoms with van der Waals surface area (Å²) in [6.45, 7) is 2.98. The van der Waals surface area contributed by atoms with Crippen LogP contribution in [0.25, 0.3) is 0 Å². The van der Waals surface area contributed by atoms with Crippen molar-refractivity contribution in [3.8, 4) is 0 Å². The molecule has 0 saturated carbocycles. The van der Waals surface area contributed by atoms with Gasteiger partial charge >= 0.3 is 0 Å². The number of halogens is 1. The first-order valence-corrected chi connectivity index (χ1v) is 11.5. The molecule has 2 aliphatic heterocycles. The molecule has 0 aliphatic carbocycles. The molecule has 4 rings (SSSR count). The van der Waals surface area contributed by atoms with Crippen LogP contribution in [0.1, 0.15) is 48.3 Å². The topological polar surface area (TPSA) is 66.6 Å². The number of carbonyl (C=O) groups is 2. The van der Waals surface area contributed by atoms with E-state index >= 15 is 0 Å². The number of likely N-dealkylation sites (tertiary alicyclic amines) is 2. The molecule has 1 atom stereocenters. The van der Waals surface area contributed by atoms with Gasteiger partial charge in [0.05, 0.1) is 6.04 Å². The van der Waals surface area contributed by atoms with E-state index in [9.17, 15) is 9.59 Å². The Hall–Kier alpha value is -2.37. The number of rotatable bonds is 6. The third-order valence-corrected chi connectivity index (χ3v) is 6.77. The lowest BCUT2D eigenvalue weighted by molar-refractivity contribution is -0.133. The number of hydrogen-bond acceptors (Lipinski definition) is 3. The maximum Gasteiger partial charge on any atom is 0.239 e. The van der Waals surface area contributed by atoms with Crippen molar-refractivity contribution in [1.29, 1.82) is 0 Å². The van der Waals surface area contributed by atoms with Gasteiger partial charge < -0.3 is 15.5 Å². The largest absolute Gasteiger partial charge is 0.341 e. The highest BCUT2D eigenvalue weighted by molar-refractivity contribution is 6.30. The first kappa shape index (κ1) is 21.8. The molecule has 2 aliphatic rings. The number of nitrogens with two attached hydrogens (primary N) is 1. The van der Waals surface area contributed by atoms with E-state index in [0.29, 0.717) is 30.3 Å². The van der Waals surface area contributed by atoms with Crippen LogP contribution in [-0.4, -0.2) is 47.3 Å². The molecule has 2 heterocycles. The van der Waals surface area contributed by atoms with E-state index in [1.807, 2.05) is 40.1 Å². The summed E-state index contributed by atoms with van der Waals surface area (Å²) in [5, 5.41) is 0.681. The number of piperidine rings is 1. The zero-order valence-electron chi connectivity index (χ0n) is 17.8. The van der Waals surface area contributed by atoms with Crippen LogP contribution in [0.5, 0.6) is 0 Å². The minimum atomic E-state index is -0.536. The Morgan fingerprint density at radius 1 is 1.06 bits per heavy atom. The van der Waals surface area contributed by atoms with Crippen LogP contribution in [0, 0.1) is 0 Å². The van der Waals surface area contributed by atoms with Crippen LogP contribution in [0.2, 0.25) is 5.02 Å². The molecular weight excluding hydrogens is 410 g/mol. The van der Waals surface area contributed by atoms with Gasteiger partial charge in [0.25, 0.3) is 0 Å². The number of hydrogen-bond donors (Lipinski definition) is 1. The molecule has 2 saturated heterocycles. The number of amides is 2. The summed E-state index contributed by atoms with van der Waals surface area (Å²) < 4.78 is 0. The zero-order valence-corrected chi connectivity index (χ0v) is 18.6. The fourth-order valence-electron chi connectivity index (χ4n) is 4.76. The molecule has 2 fully saturated rings. The molecule has 0 aromatic heterocycles. The highest BCUT2D eigenvalue weighted by Crippen LogP contribution is 2.32. The summed E-state index contributed by atoms with van der Waals surface area (Å²) in [5.41, 5.74) is 9.81. The summed E-state index contributed by atoms with van der Waals surface area (Å²) in [6, 6.07) is 15.4. The molecule has 164 valence electrons. The molecule has 2 aromatic rings. The lowest BCUT2D eigenvalue weighted by Crippen LogP contribution is -2.47. The lowest BCUT2D eigenvalue weighted by atomic mass is 9.86. The lowest BCUT2D eigenvalue weighted by Gasteiger charge is -2.34. The maximum absolute atomic E-state index is 12.9. The van der Waals surface area contributed by atoms with Gasteiger partial charge in [-0.25, -0.2) is 0 Å². The fraction of sp³-hybridized carbons (Fsp3) is 0.440. The van der Waals surface area contributed by atoms with Gasteiger partial charge in [0, 0.05) is 37.6 Å². The second kappa shape index (κ2) is 9.84. The van der Waals surface area contributed by atoms with Crippen molar-refractivity contribution in [3.05, 3.63) is 70.2 Å². The smallest absolute Gasteiger partial charge is 0.239 e. The Balaban J connectivity index is 1.35. The van der Waals surface area contributed by atoms with Crippen molar-refractivity contribution in [2.45, 2.75) is 50.6 Å².